The van der Waals surface area contributed by atoms with E-state index in [0.29, 0.717) is 0 Å². The van der Waals surface area contributed by atoms with Crippen molar-refractivity contribution in [1.29, 1.82) is 0 Å². The summed E-state index contributed by atoms with van der Waals surface area (Å²) in [5, 5.41) is 20.2. The first-order chi connectivity index (χ1) is 11.2. The first kappa shape index (κ1) is 18.1. The van der Waals surface area contributed by atoms with Gasteiger partial charge < -0.3 is 10.0 Å². The second kappa shape index (κ2) is 6.73. The van der Waals surface area contributed by atoms with Crippen molar-refractivity contribution in [3.63, 3.8) is 0 Å². The lowest BCUT2D eigenvalue weighted by Crippen LogP contribution is -2.50. The summed E-state index contributed by atoms with van der Waals surface area (Å²) in [6.07, 6.45) is 0. The van der Waals surface area contributed by atoms with E-state index >= 15 is 0 Å². The molecule has 0 atom stereocenters. The largest absolute Gasteiger partial charge is 0.481 e. The van der Waals surface area contributed by atoms with Crippen LogP contribution in [0, 0.1) is 16.0 Å². The van der Waals surface area contributed by atoms with Crippen molar-refractivity contribution in [2.24, 2.45) is 5.92 Å². The highest BCUT2D eigenvalue weighted by molar-refractivity contribution is 7.89. The topological polar surface area (TPSA) is 121 Å². The molecule has 10 heteroatoms. The monoisotopic (exact) mass is 357 g/mol. The number of nitrogens with zero attached hydrogens (tertiary/aromatic N) is 3. The molecule has 0 spiro atoms. The number of carboxylic acids is 1. The number of hydrogen-bond acceptors (Lipinski definition) is 6. The van der Waals surface area contributed by atoms with Crippen LogP contribution >= 0.6 is 0 Å². The number of nitro groups is 1. The van der Waals surface area contributed by atoms with Crippen LogP contribution in [0.3, 0.4) is 0 Å². The van der Waals surface area contributed by atoms with Crippen LogP contribution in [-0.4, -0.2) is 54.9 Å². The Balaban J connectivity index is 2.38. The zero-order valence-corrected chi connectivity index (χ0v) is 14.2. The van der Waals surface area contributed by atoms with Gasteiger partial charge in [0.25, 0.3) is 5.69 Å². The Morgan fingerprint density at radius 1 is 1.38 bits per heavy atom. The molecular formula is C14H19N3O6S. The fraction of sp³-hybridized carbons (Fsp3) is 0.500. The smallest absolute Gasteiger partial charge is 0.310 e. The van der Waals surface area contributed by atoms with Crippen LogP contribution in [0.2, 0.25) is 0 Å². The Kier molecular flexibility index (Phi) is 5.09. The van der Waals surface area contributed by atoms with Gasteiger partial charge >= 0.3 is 5.97 Å². The average molecular weight is 357 g/mol. The minimum Gasteiger partial charge on any atom is -0.481 e. The maximum atomic E-state index is 12.5. The Hall–Kier alpha value is -2.20. The molecule has 132 valence electrons. The number of nitro benzene ring substituents is 1. The van der Waals surface area contributed by atoms with Crippen LogP contribution in [0.1, 0.15) is 13.8 Å². The Morgan fingerprint density at radius 2 is 1.96 bits per heavy atom. The van der Waals surface area contributed by atoms with Crippen LogP contribution in [0.25, 0.3) is 0 Å². The van der Waals surface area contributed by atoms with Gasteiger partial charge in [-0.25, -0.2) is 8.42 Å². The van der Waals surface area contributed by atoms with E-state index in [1.165, 1.54) is 16.4 Å². The van der Waals surface area contributed by atoms with Crippen LogP contribution in [-0.2, 0) is 14.8 Å². The number of anilines is 1. The van der Waals surface area contributed by atoms with E-state index in [-0.39, 0.29) is 42.4 Å². The second-order valence-corrected chi connectivity index (χ2v) is 7.38. The maximum absolute atomic E-state index is 12.5. The fourth-order valence-electron chi connectivity index (χ4n) is 2.62. The van der Waals surface area contributed by atoms with Crippen molar-refractivity contribution in [3.8, 4) is 0 Å². The van der Waals surface area contributed by atoms with Crippen molar-refractivity contribution in [2.45, 2.75) is 18.7 Å². The molecule has 9 nitrogen and oxygen atoms in total. The van der Waals surface area contributed by atoms with Gasteiger partial charge in [-0.3, -0.25) is 14.9 Å². The summed E-state index contributed by atoms with van der Waals surface area (Å²) in [4.78, 5) is 23.0. The highest BCUT2D eigenvalue weighted by Crippen LogP contribution is 2.35. The van der Waals surface area contributed by atoms with E-state index in [2.05, 4.69) is 0 Å². The van der Waals surface area contributed by atoms with E-state index in [1.807, 2.05) is 0 Å². The molecule has 1 heterocycles. The molecule has 1 fully saturated rings. The molecule has 1 N–H and O–H groups in total. The predicted molar refractivity (Wildman–Crippen MR) is 86.5 cm³/mol. The molecular weight excluding hydrogens is 338 g/mol. The van der Waals surface area contributed by atoms with E-state index in [9.17, 15) is 23.3 Å². The summed E-state index contributed by atoms with van der Waals surface area (Å²) in [7, 11) is -3.80. The number of carboxylic acid groups (broad SMARTS) is 1. The lowest BCUT2D eigenvalue weighted by molar-refractivity contribution is -0.384. The third-order valence-electron chi connectivity index (χ3n) is 4.06. The molecule has 0 aromatic heterocycles. The Bertz CT molecular complexity index is 754. The van der Waals surface area contributed by atoms with Crippen molar-refractivity contribution >= 4 is 27.4 Å². The van der Waals surface area contributed by atoms with Gasteiger partial charge in [-0.2, -0.15) is 4.31 Å². The Labute approximate surface area is 139 Å². The minimum absolute atomic E-state index is 0.142. The number of carbonyl (C=O) groups is 1. The van der Waals surface area contributed by atoms with Gasteiger partial charge in [-0.05, 0) is 12.1 Å². The molecule has 1 aliphatic rings. The van der Waals surface area contributed by atoms with E-state index < -0.39 is 26.8 Å². The molecule has 1 aromatic carbocycles. The van der Waals surface area contributed by atoms with Gasteiger partial charge in [0.2, 0.25) is 10.0 Å². The zero-order valence-electron chi connectivity index (χ0n) is 13.4. The first-order valence-electron chi connectivity index (χ1n) is 7.48. The molecule has 1 aliphatic heterocycles. The predicted octanol–water partition coefficient (Wildman–Crippen LogP) is 1.15. The van der Waals surface area contributed by atoms with E-state index in [0.717, 1.165) is 6.07 Å². The maximum Gasteiger partial charge on any atom is 0.310 e. The zero-order chi connectivity index (χ0) is 18.1. The summed E-state index contributed by atoms with van der Waals surface area (Å²) in [6, 6.07) is 3.73. The van der Waals surface area contributed by atoms with Gasteiger partial charge in [-0.15, -0.1) is 0 Å². The molecule has 2 rings (SSSR count). The molecule has 0 radical (unpaired) electrons. The quantitative estimate of drug-likeness (QED) is 0.574. The summed E-state index contributed by atoms with van der Waals surface area (Å²) in [5.41, 5.74) is -0.108. The number of aliphatic carboxylic acids is 1. The van der Waals surface area contributed by atoms with Gasteiger partial charge in [0.05, 0.1) is 15.7 Å². The molecule has 1 aromatic rings. The first-order valence-corrected chi connectivity index (χ1v) is 8.92. The molecule has 0 saturated carbocycles. The summed E-state index contributed by atoms with van der Waals surface area (Å²) in [5.74, 6) is -1.52. The Morgan fingerprint density at radius 3 is 2.42 bits per heavy atom. The van der Waals surface area contributed by atoms with Crippen molar-refractivity contribution in [1.82, 2.24) is 4.31 Å². The van der Waals surface area contributed by atoms with Crippen LogP contribution in [0.15, 0.2) is 23.1 Å². The average Bonchev–Trinajstić information content (AvgIpc) is 2.46. The van der Waals surface area contributed by atoms with Crippen LogP contribution < -0.4 is 4.90 Å². The van der Waals surface area contributed by atoms with Gasteiger partial charge in [0.1, 0.15) is 5.69 Å². The number of rotatable bonds is 7. The lowest BCUT2D eigenvalue weighted by atomic mass is 9.99. The normalized spacial score (nSPS) is 15.4. The SMILES string of the molecule is CCN(CC)S(=O)(=O)c1ccc(N2CC(C(=O)O)C2)c([N+](=O)[O-])c1. The molecule has 1 saturated heterocycles. The second-order valence-electron chi connectivity index (χ2n) is 5.44. The van der Waals surface area contributed by atoms with Gasteiger partial charge in [0, 0.05) is 32.2 Å². The minimum atomic E-state index is -3.80. The van der Waals surface area contributed by atoms with Gasteiger partial charge in [-0.1, -0.05) is 13.8 Å². The standard InChI is InChI=1S/C14H19N3O6S/c1-3-16(4-2)24(22,23)11-5-6-12(13(7-11)17(20)21)15-8-10(9-15)14(18)19/h5-7,10H,3-4,8-9H2,1-2H3,(H,18,19). The third kappa shape index (κ3) is 3.20. The molecule has 0 unspecified atom stereocenters. The van der Waals surface area contributed by atoms with E-state index in [1.54, 1.807) is 18.7 Å². The fourth-order valence-corrected chi connectivity index (χ4v) is 4.10. The van der Waals surface area contributed by atoms with E-state index in [4.69, 9.17) is 5.11 Å². The van der Waals surface area contributed by atoms with Crippen molar-refractivity contribution < 1.29 is 23.2 Å². The highest BCUT2D eigenvalue weighted by atomic mass is 32.2. The summed E-state index contributed by atoms with van der Waals surface area (Å²) in [6.45, 7) is 4.24. The van der Waals surface area contributed by atoms with Crippen molar-refractivity contribution in [2.75, 3.05) is 31.1 Å². The van der Waals surface area contributed by atoms with Gasteiger partial charge in [0.15, 0.2) is 0 Å². The molecule has 0 aliphatic carbocycles. The van der Waals surface area contributed by atoms with Crippen LogP contribution in [0.4, 0.5) is 11.4 Å². The van der Waals surface area contributed by atoms with Crippen LogP contribution in [0.5, 0.6) is 0 Å². The number of hydrogen-bond donors (Lipinski definition) is 1. The van der Waals surface area contributed by atoms with Crippen molar-refractivity contribution in [3.05, 3.63) is 28.3 Å². The third-order valence-corrected chi connectivity index (χ3v) is 6.10. The molecule has 0 amide bonds. The summed E-state index contributed by atoms with van der Waals surface area (Å²) < 4.78 is 26.2. The lowest BCUT2D eigenvalue weighted by Gasteiger charge is -2.38. The molecule has 24 heavy (non-hydrogen) atoms. The number of sulfonamides is 1. The summed E-state index contributed by atoms with van der Waals surface area (Å²) >= 11 is 0. The molecule has 0 bridgehead atoms. The number of benzene rings is 1. The highest BCUT2D eigenvalue weighted by Gasteiger charge is 2.36.